The van der Waals surface area contributed by atoms with E-state index in [2.05, 4.69) is 44.2 Å². The summed E-state index contributed by atoms with van der Waals surface area (Å²) in [7, 11) is 1.84. The Balaban J connectivity index is 2.00. The van der Waals surface area contributed by atoms with Gasteiger partial charge in [0.2, 0.25) is 11.9 Å². The fraction of sp³-hybridized carbons (Fsp3) is 0.438. The molecular formula is C16H21N5. The Morgan fingerprint density at radius 1 is 1.05 bits per heavy atom. The van der Waals surface area contributed by atoms with Crippen LogP contribution in [0.25, 0.3) is 11.4 Å². The van der Waals surface area contributed by atoms with Crippen LogP contribution in [-0.2, 0) is 0 Å². The number of nitrogens with zero attached hydrogens (tertiary/aromatic N) is 4. The summed E-state index contributed by atoms with van der Waals surface area (Å²) in [6.45, 7) is 4.13. The summed E-state index contributed by atoms with van der Waals surface area (Å²) in [5, 5.41) is 3.04. The largest absolute Gasteiger partial charge is 0.357 e. The highest BCUT2D eigenvalue weighted by molar-refractivity contribution is 5.59. The van der Waals surface area contributed by atoms with Crippen LogP contribution in [-0.4, -0.2) is 35.1 Å². The molecule has 1 aliphatic rings. The van der Waals surface area contributed by atoms with E-state index in [1.54, 1.807) is 0 Å². The van der Waals surface area contributed by atoms with Crippen LogP contribution in [0.3, 0.4) is 0 Å². The van der Waals surface area contributed by atoms with Gasteiger partial charge in [-0.3, -0.25) is 0 Å². The Hall–Kier alpha value is -2.17. The third-order valence-electron chi connectivity index (χ3n) is 3.76. The zero-order valence-electron chi connectivity index (χ0n) is 12.6. The first-order chi connectivity index (χ1) is 10.3. The molecule has 1 saturated heterocycles. The van der Waals surface area contributed by atoms with Crippen molar-refractivity contribution in [2.75, 3.05) is 30.4 Å². The van der Waals surface area contributed by atoms with Crippen LogP contribution in [0.15, 0.2) is 24.3 Å². The Morgan fingerprint density at radius 3 is 2.57 bits per heavy atom. The maximum atomic E-state index is 4.68. The van der Waals surface area contributed by atoms with E-state index >= 15 is 0 Å². The minimum absolute atomic E-state index is 0.627. The van der Waals surface area contributed by atoms with Crippen LogP contribution in [0.4, 0.5) is 11.9 Å². The second-order valence-corrected chi connectivity index (χ2v) is 5.45. The Bertz CT molecular complexity index is 620. The molecule has 0 radical (unpaired) electrons. The molecule has 3 rings (SSSR count). The van der Waals surface area contributed by atoms with Gasteiger partial charge in [0.05, 0.1) is 0 Å². The monoisotopic (exact) mass is 283 g/mol. The fourth-order valence-corrected chi connectivity index (χ4v) is 2.63. The smallest absolute Gasteiger partial charge is 0.230 e. The molecule has 0 aliphatic carbocycles. The lowest BCUT2D eigenvalue weighted by atomic mass is 10.1. The van der Waals surface area contributed by atoms with Crippen molar-refractivity contribution in [3.8, 4) is 11.4 Å². The average molecular weight is 283 g/mol. The third kappa shape index (κ3) is 3.12. The predicted octanol–water partition coefficient (Wildman–Crippen LogP) is 2.88. The summed E-state index contributed by atoms with van der Waals surface area (Å²) in [4.78, 5) is 15.9. The number of hydrogen-bond acceptors (Lipinski definition) is 5. The molecule has 0 bridgehead atoms. The quantitative estimate of drug-likeness (QED) is 0.938. The topological polar surface area (TPSA) is 53.9 Å². The second-order valence-electron chi connectivity index (χ2n) is 5.45. The fourth-order valence-electron chi connectivity index (χ4n) is 2.63. The average Bonchev–Trinajstić information content (AvgIpc) is 2.55. The van der Waals surface area contributed by atoms with Crippen LogP contribution in [0, 0.1) is 6.92 Å². The molecule has 5 nitrogen and oxygen atoms in total. The first-order valence-corrected chi connectivity index (χ1v) is 7.52. The maximum absolute atomic E-state index is 4.68. The van der Waals surface area contributed by atoms with Crippen LogP contribution >= 0.6 is 0 Å². The molecule has 0 amide bonds. The molecule has 1 N–H and O–H groups in total. The van der Waals surface area contributed by atoms with Crippen molar-refractivity contribution in [3.05, 3.63) is 29.8 Å². The van der Waals surface area contributed by atoms with E-state index < -0.39 is 0 Å². The number of aromatic nitrogens is 3. The zero-order valence-corrected chi connectivity index (χ0v) is 12.6. The highest BCUT2D eigenvalue weighted by Crippen LogP contribution is 2.22. The van der Waals surface area contributed by atoms with E-state index in [1.807, 2.05) is 19.2 Å². The summed E-state index contributed by atoms with van der Waals surface area (Å²) in [5.74, 6) is 2.14. The molecule has 21 heavy (non-hydrogen) atoms. The van der Waals surface area contributed by atoms with Crippen LogP contribution < -0.4 is 10.2 Å². The molecule has 1 aromatic heterocycles. The maximum Gasteiger partial charge on any atom is 0.230 e. The van der Waals surface area contributed by atoms with Crippen LogP contribution in [0.5, 0.6) is 0 Å². The van der Waals surface area contributed by atoms with Gasteiger partial charge < -0.3 is 10.2 Å². The summed E-state index contributed by atoms with van der Waals surface area (Å²) >= 11 is 0. The molecule has 0 saturated carbocycles. The van der Waals surface area contributed by atoms with E-state index in [9.17, 15) is 0 Å². The van der Waals surface area contributed by atoms with Gasteiger partial charge >= 0.3 is 0 Å². The number of anilines is 2. The number of hydrogen-bond donors (Lipinski definition) is 1. The van der Waals surface area contributed by atoms with Crippen molar-refractivity contribution >= 4 is 11.9 Å². The summed E-state index contributed by atoms with van der Waals surface area (Å²) in [6, 6.07) is 8.26. The molecular weight excluding hydrogens is 262 g/mol. The highest BCUT2D eigenvalue weighted by Gasteiger charge is 2.16. The van der Waals surface area contributed by atoms with Gasteiger partial charge in [0.1, 0.15) is 0 Å². The van der Waals surface area contributed by atoms with E-state index in [0.29, 0.717) is 5.95 Å². The molecule has 1 fully saturated rings. The summed E-state index contributed by atoms with van der Waals surface area (Å²) in [6.07, 6.45) is 3.71. The van der Waals surface area contributed by atoms with E-state index in [4.69, 9.17) is 0 Å². The zero-order chi connectivity index (χ0) is 14.7. The van der Waals surface area contributed by atoms with Crippen molar-refractivity contribution in [3.63, 3.8) is 0 Å². The molecule has 1 aromatic carbocycles. The SMILES string of the molecule is CNc1nc(-c2cccc(C)c2)nc(N2CCCCC2)n1. The lowest BCUT2D eigenvalue weighted by Gasteiger charge is -2.26. The normalized spacial score (nSPS) is 15.0. The van der Waals surface area contributed by atoms with Crippen LogP contribution in [0.2, 0.25) is 0 Å². The lowest BCUT2D eigenvalue weighted by molar-refractivity contribution is 0.568. The lowest BCUT2D eigenvalue weighted by Crippen LogP contribution is -2.31. The molecule has 0 atom stereocenters. The van der Waals surface area contributed by atoms with Gasteiger partial charge in [-0.2, -0.15) is 15.0 Å². The summed E-state index contributed by atoms with van der Waals surface area (Å²) < 4.78 is 0. The van der Waals surface area contributed by atoms with Gasteiger partial charge in [-0.25, -0.2) is 0 Å². The molecule has 2 aromatic rings. The van der Waals surface area contributed by atoms with Gasteiger partial charge in [-0.05, 0) is 32.3 Å². The summed E-state index contributed by atoms with van der Waals surface area (Å²) in [5.41, 5.74) is 2.24. The minimum Gasteiger partial charge on any atom is -0.357 e. The second kappa shape index (κ2) is 6.08. The molecule has 2 heterocycles. The van der Waals surface area contributed by atoms with Gasteiger partial charge in [-0.15, -0.1) is 0 Å². The molecule has 110 valence electrons. The van der Waals surface area contributed by atoms with Gasteiger partial charge in [-0.1, -0.05) is 23.8 Å². The first-order valence-electron chi connectivity index (χ1n) is 7.52. The predicted molar refractivity (Wildman–Crippen MR) is 85.6 cm³/mol. The molecule has 0 spiro atoms. The Labute approximate surface area is 125 Å². The van der Waals surface area contributed by atoms with E-state index in [0.717, 1.165) is 30.4 Å². The van der Waals surface area contributed by atoms with Gasteiger partial charge in [0, 0.05) is 25.7 Å². The van der Waals surface area contributed by atoms with Gasteiger partial charge in [0.25, 0.3) is 0 Å². The van der Waals surface area contributed by atoms with E-state index in [1.165, 1.54) is 24.8 Å². The highest BCUT2D eigenvalue weighted by atomic mass is 15.3. The number of rotatable bonds is 3. The van der Waals surface area contributed by atoms with Crippen LogP contribution in [0.1, 0.15) is 24.8 Å². The number of nitrogens with one attached hydrogen (secondary N) is 1. The van der Waals surface area contributed by atoms with Crippen molar-refractivity contribution < 1.29 is 0 Å². The Kier molecular flexibility index (Phi) is 3.99. The van der Waals surface area contributed by atoms with Crippen molar-refractivity contribution in [1.82, 2.24) is 15.0 Å². The number of benzene rings is 1. The number of piperidine rings is 1. The van der Waals surface area contributed by atoms with Crippen molar-refractivity contribution in [1.29, 1.82) is 0 Å². The minimum atomic E-state index is 0.627. The third-order valence-corrected chi connectivity index (χ3v) is 3.76. The van der Waals surface area contributed by atoms with Crippen molar-refractivity contribution in [2.24, 2.45) is 0 Å². The van der Waals surface area contributed by atoms with E-state index in [-0.39, 0.29) is 0 Å². The molecule has 5 heteroatoms. The molecule has 0 unspecified atom stereocenters. The first kappa shape index (κ1) is 13.8. The standard InChI is InChI=1S/C16H21N5/c1-12-7-6-8-13(11-12)14-18-15(17-2)20-16(19-14)21-9-4-3-5-10-21/h6-8,11H,3-5,9-10H2,1-2H3,(H,17,18,19,20). The molecule has 1 aliphatic heterocycles. The van der Waals surface area contributed by atoms with Gasteiger partial charge in [0.15, 0.2) is 5.82 Å². The van der Waals surface area contributed by atoms with Crippen molar-refractivity contribution in [2.45, 2.75) is 26.2 Å². The Morgan fingerprint density at radius 2 is 1.86 bits per heavy atom. The number of aryl methyl sites for hydroxylation is 1.